The number of nitrogens with one attached hydrogen (secondary N) is 2. The van der Waals surface area contributed by atoms with Gasteiger partial charge in [-0.25, -0.2) is 4.98 Å². The number of H-pyrrole nitrogens is 1. The van der Waals surface area contributed by atoms with Crippen LogP contribution in [0.1, 0.15) is 27.8 Å². The Kier molecular flexibility index (Phi) is 5.16. The van der Waals surface area contributed by atoms with Crippen molar-refractivity contribution in [3.8, 4) is 11.5 Å². The molecule has 0 spiro atoms. The summed E-state index contributed by atoms with van der Waals surface area (Å²) >= 11 is 0. The molecule has 6 heteroatoms. The molecule has 3 aromatic carbocycles. The highest BCUT2D eigenvalue weighted by molar-refractivity contribution is 5.95. The smallest absolute Gasteiger partial charge is 0.252 e. The summed E-state index contributed by atoms with van der Waals surface area (Å²) in [6.45, 7) is 0. The van der Waals surface area contributed by atoms with Crippen molar-refractivity contribution in [3.63, 3.8) is 0 Å². The zero-order chi connectivity index (χ0) is 20.2. The lowest BCUT2D eigenvalue weighted by Crippen LogP contribution is -2.30. The van der Waals surface area contributed by atoms with E-state index in [1.54, 1.807) is 32.4 Å². The average Bonchev–Trinajstić information content (AvgIpc) is 3.21. The Morgan fingerprint density at radius 3 is 2.38 bits per heavy atom. The van der Waals surface area contributed by atoms with Gasteiger partial charge in [0.05, 0.1) is 25.3 Å². The molecule has 4 rings (SSSR count). The van der Waals surface area contributed by atoms with Crippen LogP contribution in [-0.2, 0) is 0 Å². The number of aromatic nitrogens is 2. The van der Waals surface area contributed by atoms with E-state index in [0.717, 1.165) is 16.6 Å². The Morgan fingerprint density at radius 1 is 0.931 bits per heavy atom. The lowest BCUT2D eigenvalue weighted by Gasteiger charge is -2.18. The number of aromatic amines is 1. The van der Waals surface area contributed by atoms with Gasteiger partial charge in [-0.1, -0.05) is 42.5 Å². The Morgan fingerprint density at radius 2 is 1.66 bits per heavy atom. The third-order valence-corrected chi connectivity index (χ3v) is 4.74. The molecule has 1 atom stereocenters. The maximum atomic E-state index is 13.0. The highest BCUT2D eigenvalue weighted by atomic mass is 16.5. The predicted octanol–water partition coefficient (Wildman–Crippen LogP) is 4.10. The summed E-state index contributed by atoms with van der Waals surface area (Å²) in [6.07, 6.45) is 0. The van der Waals surface area contributed by atoms with Crippen LogP contribution in [0, 0.1) is 0 Å². The van der Waals surface area contributed by atoms with E-state index in [9.17, 15) is 4.79 Å². The first-order chi connectivity index (χ1) is 14.2. The van der Waals surface area contributed by atoms with Gasteiger partial charge in [0.2, 0.25) is 0 Å². The molecule has 1 aromatic heterocycles. The number of hydrogen-bond acceptors (Lipinski definition) is 4. The molecule has 0 saturated heterocycles. The van der Waals surface area contributed by atoms with Gasteiger partial charge in [0, 0.05) is 5.56 Å². The number of nitrogens with zero attached hydrogens (tertiary/aromatic N) is 1. The zero-order valence-corrected chi connectivity index (χ0v) is 16.2. The molecule has 6 nitrogen and oxygen atoms in total. The molecular weight excluding hydrogens is 366 g/mol. The summed E-state index contributed by atoms with van der Waals surface area (Å²) in [6, 6.07) is 22.2. The Bertz CT molecular complexity index is 1110. The summed E-state index contributed by atoms with van der Waals surface area (Å²) in [5, 5.41) is 3.09. The maximum Gasteiger partial charge on any atom is 0.252 e. The molecule has 0 radical (unpaired) electrons. The van der Waals surface area contributed by atoms with E-state index in [1.807, 2.05) is 54.6 Å². The number of carbonyl (C=O) groups excluding carboxylic acids is 1. The standard InChI is InChI=1S/C23H21N3O3/c1-28-19-13-12-16(14-20(19)29-2)23(27)26-21(15-8-4-3-5-9-15)22-24-17-10-6-7-11-18(17)25-22/h3-14,21H,1-2H3,(H,24,25)(H,26,27)/t21-/m0/s1. The normalized spacial score (nSPS) is 11.8. The number of benzene rings is 3. The predicted molar refractivity (Wildman–Crippen MR) is 111 cm³/mol. The number of ether oxygens (including phenoxy) is 2. The third kappa shape index (κ3) is 3.78. The fraction of sp³-hybridized carbons (Fsp3) is 0.130. The van der Waals surface area contributed by atoms with Crippen molar-refractivity contribution in [1.29, 1.82) is 0 Å². The summed E-state index contributed by atoms with van der Waals surface area (Å²) in [5.74, 6) is 1.51. The van der Waals surface area contributed by atoms with Gasteiger partial charge in [-0.3, -0.25) is 4.79 Å². The van der Waals surface area contributed by atoms with Gasteiger partial charge in [0.15, 0.2) is 11.5 Å². The Hall–Kier alpha value is -3.80. The van der Waals surface area contributed by atoms with Gasteiger partial charge in [0.1, 0.15) is 11.9 Å². The molecule has 0 aliphatic heterocycles. The van der Waals surface area contributed by atoms with Crippen LogP contribution in [0.25, 0.3) is 11.0 Å². The number of rotatable bonds is 6. The number of imidazole rings is 1. The van der Waals surface area contributed by atoms with E-state index in [-0.39, 0.29) is 5.91 Å². The molecule has 1 amide bonds. The summed E-state index contributed by atoms with van der Waals surface area (Å²) in [5.41, 5.74) is 3.17. The van der Waals surface area contributed by atoms with E-state index < -0.39 is 6.04 Å². The third-order valence-electron chi connectivity index (χ3n) is 4.74. The molecule has 4 aromatic rings. The number of carbonyl (C=O) groups is 1. The largest absolute Gasteiger partial charge is 0.493 e. The van der Waals surface area contributed by atoms with Crippen LogP contribution in [0.2, 0.25) is 0 Å². The first kappa shape index (κ1) is 18.6. The number of hydrogen-bond donors (Lipinski definition) is 2. The lowest BCUT2D eigenvalue weighted by atomic mass is 10.1. The summed E-state index contributed by atoms with van der Waals surface area (Å²) in [7, 11) is 3.10. The van der Waals surface area contributed by atoms with Gasteiger partial charge in [-0.2, -0.15) is 0 Å². The van der Waals surface area contributed by atoms with Crippen LogP contribution in [0.3, 0.4) is 0 Å². The Balaban J connectivity index is 1.70. The molecule has 146 valence electrons. The number of para-hydroxylation sites is 2. The van der Waals surface area contributed by atoms with E-state index in [0.29, 0.717) is 22.9 Å². The second-order valence-corrected chi connectivity index (χ2v) is 6.53. The first-order valence-corrected chi connectivity index (χ1v) is 9.22. The highest BCUT2D eigenvalue weighted by Gasteiger charge is 2.22. The summed E-state index contributed by atoms with van der Waals surface area (Å²) < 4.78 is 10.6. The number of methoxy groups -OCH3 is 2. The molecule has 29 heavy (non-hydrogen) atoms. The van der Waals surface area contributed by atoms with Gasteiger partial charge in [-0.15, -0.1) is 0 Å². The average molecular weight is 387 g/mol. The first-order valence-electron chi connectivity index (χ1n) is 9.22. The maximum absolute atomic E-state index is 13.0. The minimum Gasteiger partial charge on any atom is -0.493 e. The SMILES string of the molecule is COc1ccc(C(=O)N[C@@H](c2ccccc2)c2nc3ccccc3[nH]2)cc1OC. The highest BCUT2D eigenvalue weighted by Crippen LogP contribution is 2.28. The van der Waals surface area contributed by atoms with Crippen LogP contribution in [0.5, 0.6) is 11.5 Å². The monoisotopic (exact) mass is 387 g/mol. The van der Waals surface area contributed by atoms with Crippen molar-refractivity contribution in [3.05, 3.63) is 89.7 Å². The molecule has 0 saturated carbocycles. The van der Waals surface area contributed by atoms with E-state index in [1.165, 1.54) is 0 Å². The van der Waals surface area contributed by atoms with Crippen molar-refractivity contribution >= 4 is 16.9 Å². The molecule has 2 N–H and O–H groups in total. The van der Waals surface area contributed by atoms with Crippen molar-refractivity contribution in [1.82, 2.24) is 15.3 Å². The number of fused-ring (bicyclic) bond motifs is 1. The fourth-order valence-corrected chi connectivity index (χ4v) is 3.26. The van der Waals surface area contributed by atoms with Crippen LogP contribution in [0.4, 0.5) is 0 Å². The van der Waals surface area contributed by atoms with Crippen LogP contribution in [0.15, 0.2) is 72.8 Å². The molecule has 0 fully saturated rings. The molecular formula is C23H21N3O3. The molecule has 0 bridgehead atoms. The quantitative estimate of drug-likeness (QED) is 0.522. The van der Waals surface area contributed by atoms with E-state index in [4.69, 9.17) is 9.47 Å². The second kappa shape index (κ2) is 8.06. The summed E-state index contributed by atoms with van der Waals surface area (Å²) in [4.78, 5) is 21.0. The van der Waals surface area contributed by atoms with Gasteiger partial charge >= 0.3 is 0 Å². The lowest BCUT2D eigenvalue weighted by molar-refractivity contribution is 0.0941. The van der Waals surface area contributed by atoms with Crippen molar-refractivity contribution in [2.45, 2.75) is 6.04 Å². The minimum absolute atomic E-state index is 0.236. The topological polar surface area (TPSA) is 76.2 Å². The van der Waals surface area contributed by atoms with E-state index >= 15 is 0 Å². The van der Waals surface area contributed by atoms with Crippen molar-refractivity contribution in [2.75, 3.05) is 14.2 Å². The minimum atomic E-state index is -0.427. The molecule has 0 aliphatic rings. The molecule has 1 heterocycles. The van der Waals surface area contributed by atoms with Crippen LogP contribution < -0.4 is 14.8 Å². The van der Waals surface area contributed by atoms with E-state index in [2.05, 4.69) is 15.3 Å². The number of amides is 1. The van der Waals surface area contributed by atoms with Crippen molar-refractivity contribution in [2.24, 2.45) is 0 Å². The Labute approximate surface area is 168 Å². The molecule has 0 aliphatic carbocycles. The van der Waals surface area contributed by atoms with Gasteiger partial charge < -0.3 is 19.8 Å². The van der Waals surface area contributed by atoms with Crippen LogP contribution in [-0.4, -0.2) is 30.1 Å². The fourth-order valence-electron chi connectivity index (χ4n) is 3.26. The van der Waals surface area contributed by atoms with Crippen LogP contribution >= 0.6 is 0 Å². The second-order valence-electron chi connectivity index (χ2n) is 6.53. The van der Waals surface area contributed by atoms with Gasteiger partial charge in [-0.05, 0) is 35.9 Å². The molecule has 0 unspecified atom stereocenters. The van der Waals surface area contributed by atoms with Crippen molar-refractivity contribution < 1.29 is 14.3 Å². The van der Waals surface area contributed by atoms with Gasteiger partial charge in [0.25, 0.3) is 5.91 Å². The zero-order valence-electron chi connectivity index (χ0n) is 16.2.